The van der Waals surface area contributed by atoms with Gasteiger partial charge in [0.1, 0.15) is 0 Å². The normalized spacial score (nSPS) is 20.4. The molecule has 1 atom stereocenters. The number of hydrogen-bond acceptors (Lipinski definition) is 2. The van der Waals surface area contributed by atoms with E-state index in [0.717, 1.165) is 38.8 Å². The third-order valence-electron chi connectivity index (χ3n) is 2.40. The Morgan fingerprint density at radius 1 is 1.57 bits per heavy atom. The SMILES string of the molecule is C#CCCCCC(=O)N[C@@H]1CCNC1. The van der Waals surface area contributed by atoms with Crippen molar-refractivity contribution in [1.82, 2.24) is 10.6 Å². The van der Waals surface area contributed by atoms with Crippen molar-refractivity contribution < 1.29 is 4.79 Å². The summed E-state index contributed by atoms with van der Waals surface area (Å²) in [6.07, 6.45) is 9.41. The predicted molar refractivity (Wildman–Crippen MR) is 56.7 cm³/mol. The van der Waals surface area contributed by atoms with Crippen molar-refractivity contribution in [2.24, 2.45) is 0 Å². The van der Waals surface area contributed by atoms with Crippen molar-refractivity contribution in [3.05, 3.63) is 0 Å². The summed E-state index contributed by atoms with van der Waals surface area (Å²) in [6, 6.07) is 0.343. The molecule has 3 heteroatoms. The molecule has 1 rings (SSSR count). The van der Waals surface area contributed by atoms with Gasteiger partial charge in [0.25, 0.3) is 0 Å². The topological polar surface area (TPSA) is 41.1 Å². The molecule has 1 aliphatic rings. The molecule has 0 bridgehead atoms. The number of carbonyl (C=O) groups excluding carboxylic acids is 1. The molecule has 78 valence electrons. The van der Waals surface area contributed by atoms with Gasteiger partial charge in [0.2, 0.25) is 5.91 Å². The Kier molecular flexibility index (Phi) is 5.09. The Balaban J connectivity index is 2.01. The third kappa shape index (κ3) is 4.29. The number of amides is 1. The molecule has 2 N–H and O–H groups in total. The average Bonchev–Trinajstić information content (AvgIpc) is 2.65. The first-order valence-corrected chi connectivity index (χ1v) is 5.26. The first-order valence-electron chi connectivity index (χ1n) is 5.26. The fraction of sp³-hybridized carbons (Fsp3) is 0.727. The number of carbonyl (C=O) groups is 1. The van der Waals surface area contributed by atoms with Crippen molar-refractivity contribution in [2.45, 2.75) is 38.1 Å². The van der Waals surface area contributed by atoms with Crippen molar-refractivity contribution in [3.8, 4) is 12.3 Å². The number of rotatable bonds is 5. The summed E-state index contributed by atoms with van der Waals surface area (Å²) in [7, 11) is 0. The molecule has 0 spiro atoms. The van der Waals surface area contributed by atoms with E-state index in [1.807, 2.05) is 0 Å². The summed E-state index contributed by atoms with van der Waals surface area (Å²) in [5.41, 5.74) is 0. The quantitative estimate of drug-likeness (QED) is 0.498. The maximum absolute atomic E-state index is 11.4. The van der Waals surface area contributed by atoms with Crippen LogP contribution in [-0.4, -0.2) is 25.0 Å². The predicted octanol–water partition coefficient (Wildman–Crippen LogP) is 0.658. The molecule has 0 aromatic rings. The zero-order chi connectivity index (χ0) is 10.2. The maximum atomic E-state index is 11.4. The summed E-state index contributed by atoms with van der Waals surface area (Å²) < 4.78 is 0. The third-order valence-corrected chi connectivity index (χ3v) is 2.40. The Bertz CT molecular complexity index is 214. The van der Waals surface area contributed by atoms with E-state index in [2.05, 4.69) is 16.6 Å². The van der Waals surface area contributed by atoms with Gasteiger partial charge in [-0.25, -0.2) is 0 Å². The molecule has 14 heavy (non-hydrogen) atoms. The van der Waals surface area contributed by atoms with Gasteiger partial charge in [-0.1, -0.05) is 0 Å². The molecular formula is C11H18N2O. The Hall–Kier alpha value is -1.01. The summed E-state index contributed by atoms with van der Waals surface area (Å²) in [4.78, 5) is 11.4. The van der Waals surface area contributed by atoms with Crippen LogP contribution in [0.1, 0.15) is 32.1 Å². The molecule has 0 unspecified atom stereocenters. The van der Waals surface area contributed by atoms with Gasteiger partial charge in [0.15, 0.2) is 0 Å². The molecule has 1 aliphatic heterocycles. The molecule has 0 aliphatic carbocycles. The molecule has 3 nitrogen and oxygen atoms in total. The van der Waals surface area contributed by atoms with E-state index >= 15 is 0 Å². The van der Waals surface area contributed by atoms with Crippen LogP contribution in [0.25, 0.3) is 0 Å². The first-order chi connectivity index (χ1) is 6.83. The monoisotopic (exact) mass is 194 g/mol. The summed E-state index contributed by atoms with van der Waals surface area (Å²) in [5.74, 6) is 2.74. The van der Waals surface area contributed by atoms with E-state index in [4.69, 9.17) is 6.42 Å². The smallest absolute Gasteiger partial charge is 0.220 e. The largest absolute Gasteiger partial charge is 0.352 e. The highest BCUT2D eigenvalue weighted by Gasteiger charge is 2.15. The zero-order valence-corrected chi connectivity index (χ0v) is 8.51. The lowest BCUT2D eigenvalue weighted by Crippen LogP contribution is -2.35. The fourth-order valence-corrected chi connectivity index (χ4v) is 1.59. The maximum Gasteiger partial charge on any atom is 0.220 e. The molecule has 1 heterocycles. The van der Waals surface area contributed by atoms with E-state index in [1.165, 1.54) is 0 Å². The average molecular weight is 194 g/mol. The van der Waals surface area contributed by atoms with Crippen molar-refractivity contribution >= 4 is 5.91 Å². The van der Waals surface area contributed by atoms with Gasteiger partial charge in [-0.3, -0.25) is 4.79 Å². The summed E-state index contributed by atoms with van der Waals surface area (Å²) >= 11 is 0. The van der Waals surface area contributed by atoms with Gasteiger partial charge in [0, 0.05) is 25.4 Å². The summed E-state index contributed by atoms with van der Waals surface area (Å²) in [6.45, 7) is 1.93. The lowest BCUT2D eigenvalue weighted by molar-refractivity contribution is -0.121. The molecule has 1 saturated heterocycles. The molecule has 0 aromatic heterocycles. The first kappa shape index (κ1) is 11.1. The van der Waals surface area contributed by atoms with Crippen molar-refractivity contribution in [1.29, 1.82) is 0 Å². The molecule has 0 radical (unpaired) electrons. The van der Waals surface area contributed by atoms with Crippen LogP contribution in [0.3, 0.4) is 0 Å². The Morgan fingerprint density at radius 3 is 3.07 bits per heavy atom. The molecule has 1 amide bonds. The van der Waals surface area contributed by atoms with Gasteiger partial charge in [0.05, 0.1) is 0 Å². The highest BCUT2D eigenvalue weighted by atomic mass is 16.1. The van der Waals surface area contributed by atoms with E-state index in [0.29, 0.717) is 12.5 Å². The highest BCUT2D eigenvalue weighted by Crippen LogP contribution is 2.01. The molecule has 1 fully saturated rings. The van der Waals surface area contributed by atoms with Crippen molar-refractivity contribution in [2.75, 3.05) is 13.1 Å². The number of unbranched alkanes of at least 4 members (excludes halogenated alkanes) is 2. The summed E-state index contributed by atoms with van der Waals surface area (Å²) in [5, 5.41) is 6.22. The van der Waals surface area contributed by atoms with Gasteiger partial charge >= 0.3 is 0 Å². The number of nitrogens with one attached hydrogen (secondary N) is 2. The van der Waals surface area contributed by atoms with Crippen LogP contribution in [0, 0.1) is 12.3 Å². The van der Waals surface area contributed by atoms with Crippen molar-refractivity contribution in [3.63, 3.8) is 0 Å². The number of hydrogen-bond donors (Lipinski definition) is 2. The zero-order valence-electron chi connectivity index (χ0n) is 8.51. The van der Waals surface area contributed by atoms with Gasteiger partial charge in [-0.05, 0) is 25.8 Å². The minimum Gasteiger partial charge on any atom is -0.352 e. The number of terminal acetylenes is 1. The van der Waals surface area contributed by atoms with E-state index < -0.39 is 0 Å². The van der Waals surface area contributed by atoms with Gasteiger partial charge in [-0.2, -0.15) is 0 Å². The lowest BCUT2D eigenvalue weighted by atomic mass is 10.2. The minimum absolute atomic E-state index is 0.163. The second-order valence-corrected chi connectivity index (χ2v) is 3.67. The lowest BCUT2D eigenvalue weighted by Gasteiger charge is -2.10. The second kappa shape index (κ2) is 6.44. The highest BCUT2D eigenvalue weighted by molar-refractivity contribution is 5.76. The molecule has 0 saturated carbocycles. The Labute approximate surface area is 85.6 Å². The Morgan fingerprint density at radius 2 is 2.43 bits per heavy atom. The van der Waals surface area contributed by atoms with E-state index in [1.54, 1.807) is 0 Å². The van der Waals surface area contributed by atoms with Gasteiger partial charge < -0.3 is 10.6 Å². The van der Waals surface area contributed by atoms with Crippen LogP contribution in [0.2, 0.25) is 0 Å². The van der Waals surface area contributed by atoms with Gasteiger partial charge in [-0.15, -0.1) is 12.3 Å². The molecule has 0 aromatic carbocycles. The van der Waals surface area contributed by atoms with Crippen LogP contribution >= 0.6 is 0 Å². The minimum atomic E-state index is 0.163. The van der Waals surface area contributed by atoms with Crippen LogP contribution in [-0.2, 0) is 4.79 Å². The standard InChI is InChI=1S/C11H18N2O/c1-2-3-4-5-6-11(14)13-10-7-8-12-9-10/h1,10,12H,3-9H2,(H,13,14)/t10-/m1/s1. The second-order valence-electron chi connectivity index (χ2n) is 3.67. The van der Waals surface area contributed by atoms with Crippen LogP contribution in [0.5, 0.6) is 0 Å². The molecular weight excluding hydrogens is 176 g/mol. The van der Waals surface area contributed by atoms with E-state index in [9.17, 15) is 4.79 Å². The fourth-order valence-electron chi connectivity index (χ4n) is 1.59. The van der Waals surface area contributed by atoms with E-state index in [-0.39, 0.29) is 5.91 Å². The van der Waals surface area contributed by atoms with Crippen LogP contribution in [0.4, 0.5) is 0 Å². The van der Waals surface area contributed by atoms with Crippen LogP contribution in [0.15, 0.2) is 0 Å². The van der Waals surface area contributed by atoms with Crippen LogP contribution < -0.4 is 10.6 Å².